The van der Waals surface area contributed by atoms with E-state index in [0.29, 0.717) is 29.7 Å². The van der Waals surface area contributed by atoms with Crippen molar-refractivity contribution >= 4 is 35.1 Å². The van der Waals surface area contributed by atoms with Crippen LogP contribution in [0, 0.1) is 13.8 Å². The van der Waals surface area contributed by atoms with E-state index in [1.807, 2.05) is 32.0 Å². The molecule has 1 saturated heterocycles. The first-order valence-corrected chi connectivity index (χ1v) is 10.0. The van der Waals surface area contributed by atoms with Crippen LogP contribution in [-0.4, -0.2) is 42.2 Å². The van der Waals surface area contributed by atoms with Gasteiger partial charge in [0.15, 0.2) is 0 Å². The van der Waals surface area contributed by atoms with Gasteiger partial charge in [0.2, 0.25) is 5.95 Å². The monoisotopic (exact) mass is 402 g/mol. The van der Waals surface area contributed by atoms with Crippen LogP contribution in [0.15, 0.2) is 24.3 Å². The van der Waals surface area contributed by atoms with Crippen LogP contribution in [0.4, 0.5) is 22.2 Å². The fourth-order valence-corrected chi connectivity index (χ4v) is 3.44. The highest BCUT2D eigenvalue weighted by atomic mass is 35.5. The number of nitrogens with one attached hydrogen (secondary N) is 3. The Morgan fingerprint density at radius 3 is 2.64 bits per heavy atom. The highest BCUT2D eigenvalue weighted by Crippen LogP contribution is 2.22. The van der Waals surface area contributed by atoms with Gasteiger partial charge in [-0.2, -0.15) is 4.98 Å². The molecule has 1 aromatic heterocycles. The van der Waals surface area contributed by atoms with Crippen molar-refractivity contribution in [3.8, 4) is 0 Å². The molecule has 0 bridgehead atoms. The molecule has 0 aliphatic carbocycles. The predicted molar refractivity (Wildman–Crippen MR) is 115 cm³/mol. The molecule has 0 saturated carbocycles. The lowest BCUT2D eigenvalue weighted by atomic mass is 10.1. The van der Waals surface area contributed by atoms with Crippen LogP contribution < -0.4 is 20.9 Å². The summed E-state index contributed by atoms with van der Waals surface area (Å²) in [5.74, 6) is 1.55. The lowest BCUT2D eigenvalue weighted by molar-refractivity contribution is 0.252. The molecule has 1 aliphatic heterocycles. The number of piperidine rings is 1. The molecular weight excluding hydrogens is 376 g/mol. The van der Waals surface area contributed by atoms with Crippen molar-refractivity contribution in [2.75, 3.05) is 41.7 Å². The smallest absolute Gasteiger partial charge is 0.319 e. The Morgan fingerprint density at radius 2 is 1.89 bits per heavy atom. The minimum absolute atomic E-state index is 0.299. The van der Waals surface area contributed by atoms with Crippen molar-refractivity contribution in [2.45, 2.75) is 33.1 Å². The number of hydrogen-bond donors (Lipinski definition) is 3. The third-order valence-corrected chi connectivity index (χ3v) is 4.90. The minimum Gasteiger partial charge on any atom is -0.356 e. The molecule has 1 fully saturated rings. The van der Waals surface area contributed by atoms with E-state index in [-0.39, 0.29) is 6.03 Å². The fourth-order valence-electron chi connectivity index (χ4n) is 3.15. The first kappa shape index (κ1) is 20.2. The summed E-state index contributed by atoms with van der Waals surface area (Å²) in [5, 5.41) is 9.25. The zero-order valence-electron chi connectivity index (χ0n) is 16.4. The van der Waals surface area contributed by atoms with Crippen LogP contribution in [-0.2, 0) is 0 Å². The van der Waals surface area contributed by atoms with E-state index in [1.165, 1.54) is 19.3 Å². The third-order valence-electron chi connectivity index (χ3n) is 4.59. The van der Waals surface area contributed by atoms with Crippen molar-refractivity contribution in [3.05, 3.63) is 40.5 Å². The van der Waals surface area contributed by atoms with Crippen molar-refractivity contribution in [1.29, 1.82) is 0 Å². The van der Waals surface area contributed by atoms with E-state index in [9.17, 15) is 4.79 Å². The Hall–Kier alpha value is -2.54. The van der Waals surface area contributed by atoms with Gasteiger partial charge >= 0.3 is 6.03 Å². The lowest BCUT2D eigenvalue weighted by Crippen LogP contribution is -2.33. The van der Waals surface area contributed by atoms with E-state index in [4.69, 9.17) is 11.6 Å². The van der Waals surface area contributed by atoms with Crippen LogP contribution in [0.5, 0.6) is 0 Å². The summed E-state index contributed by atoms with van der Waals surface area (Å²) in [6.07, 6.45) is 3.69. The molecule has 3 rings (SSSR count). The van der Waals surface area contributed by atoms with Crippen molar-refractivity contribution in [3.63, 3.8) is 0 Å². The van der Waals surface area contributed by atoms with Gasteiger partial charge in [-0.05, 0) is 50.8 Å². The van der Waals surface area contributed by atoms with Crippen molar-refractivity contribution in [1.82, 2.24) is 15.3 Å². The van der Waals surface area contributed by atoms with Crippen LogP contribution in [0.25, 0.3) is 0 Å². The largest absolute Gasteiger partial charge is 0.356 e. The molecule has 3 N–H and O–H groups in total. The van der Waals surface area contributed by atoms with Crippen LogP contribution in [0.2, 0.25) is 5.02 Å². The lowest BCUT2D eigenvalue weighted by Gasteiger charge is -2.28. The first-order valence-electron chi connectivity index (χ1n) is 9.67. The Kier molecular flexibility index (Phi) is 6.92. The SMILES string of the molecule is Cc1ccc(NC(=O)NCCNc2nc(C)cc(N3CCCCC3)n2)c(Cl)c1. The number of benzene rings is 1. The molecule has 0 atom stereocenters. The summed E-state index contributed by atoms with van der Waals surface area (Å²) in [5.41, 5.74) is 2.56. The Labute approximate surface area is 170 Å². The second-order valence-electron chi connectivity index (χ2n) is 7.03. The Bertz CT molecular complexity index is 822. The Morgan fingerprint density at radius 1 is 1.11 bits per heavy atom. The van der Waals surface area contributed by atoms with Gasteiger partial charge in [0, 0.05) is 37.9 Å². The standard InChI is InChI=1S/C20H27ClN6O/c1-14-6-7-17(16(21)12-14)25-20(28)23-9-8-22-19-24-15(2)13-18(26-19)27-10-4-3-5-11-27/h6-7,12-13H,3-5,8-11H2,1-2H3,(H,22,24,26)(H2,23,25,28). The molecule has 1 aromatic carbocycles. The van der Waals surface area contributed by atoms with Crippen molar-refractivity contribution in [2.24, 2.45) is 0 Å². The summed E-state index contributed by atoms with van der Waals surface area (Å²) in [4.78, 5) is 23.4. The number of nitrogens with zero attached hydrogens (tertiary/aromatic N) is 3. The van der Waals surface area contributed by atoms with Gasteiger partial charge < -0.3 is 20.9 Å². The maximum atomic E-state index is 12.0. The molecule has 2 aromatic rings. The molecule has 7 nitrogen and oxygen atoms in total. The minimum atomic E-state index is -0.299. The van der Waals surface area contributed by atoms with Crippen molar-refractivity contribution < 1.29 is 4.79 Å². The summed E-state index contributed by atoms with van der Waals surface area (Å²) >= 11 is 6.13. The van der Waals surface area contributed by atoms with Gasteiger partial charge in [-0.15, -0.1) is 0 Å². The topological polar surface area (TPSA) is 82.2 Å². The second kappa shape index (κ2) is 9.59. The van der Waals surface area contributed by atoms with E-state index in [1.54, 1.807) is 6.07 Å². The summed E-state index contributed by atoms with van der Waals surface area (Å²) < 4.78 is 0. The molecule has 1 aliphatic rings. The third kappa shape index (κ3) is 5.73. The van der Waals surface area contributed by atoms with Gasteiger partial charge in [-0.1, -0.05) is 17.7 Å². The van der Waals surface area contributed by atoms with Gasteiger partial charge in [-0.3, -0.25) is 0 Å². The van der Waals surface area contributed by atoms with E-state index in [0.717, 1.165) is 30.2 Å². The zero-order chi connectivity index (χ0) is 19.9. The Balaban J connectivity index is 1.47. The second-order valence-corrected chi connectivity index (χ2v) is 7.44. The van der Waals surface area contributed by atoms with Gasteiger partial charge in [0.1, 0.15) is 5.82 Å². The number of halogens is 1. The highest BCUT2D eigenvalue weighted by molar-refractivity contribution is 6.33. The molecule has 2 amide bonds. The number of amides is 2. The number of aromatic nitrogens is 2. The highest BCUT2D eigenvalue weighted by Gasteiger charge is 2.13. The number of hydrogen-bond acceptors (Lipinski definition) is 5. The van der Waals surface area contributed by atoms with Crippen LogP contribution in [0.1, 0.15) is 30.5 Å². The zero-order valence-corrected chi connectivity index (χ0v) is 17.1. The number of anilines is 3. The van der Waals surface area contributed by atoms with E-state index < -0.39 is 0 Å². The van der Waals surface area contributed by atoms with Gasteiger partial charge in [0.25, 0.3) is 0 Å². The van der Waals surface area contributed by atoms with Crippen LogP contribution >= 0.6 is 11.6 Å². The quantitative estimate of drug-likeness (QED) is 0.637. The van der Waals surface area contributed by atoms with E-state index >= 15 is 0 Å². The first-order chi connectivity index (χ1) is 13.5. The molecule has 0 radical (unpaired) electrons. The average molecular weight is 403 g/mol. The molecule has 0 spiro atoms. The number of carbonyl (C=O) groups excluding carboxylic acids is 1. The predicted octanol–water partition coefficient (Wildman–Crippen LogP) is 3.97. The molecule has 28 heavy (non-hydrogen) atoms. The number of urea groups is 1. The molecular formula is C20H27ClN6O. The maximum absolute atomic E-state index is 12.0. The number of carbonyl (C=O) groups is 1. The van der Waals surface area contributed by atoms with E-state index in [2.05, 4.69) is 30.8 Å². The molecule has 2 heterocycles. The number of aryl methyl sites for hydroxylation is 2. The maximum Gasteiger partial charge on any atom is 0.319 e. The summed E-state index contributed by atoms with van der Waals surface area (Å²) in [6.45, 7) is 6.96. The van der Waals surface area contributed by atoms with Crippen LogP contribution in [0.3, 0.4) is 0 Å². The number of rotatable bonds is 6. The van der Waals surface area contributed by atoms with Gasteiger partial charge in [-0.25, -0.2) is 9.78 Å². The average Bonchev–Trinajstić information content (AvgIpc) is 2.68. The molecule has 8 heteroatoms. The summed E-state index contributed by atoms with van der Waals surface area (Å²) in [6, 6.07) is 7.23. The molecule has 150 valence electrons. The molecule has 0 unspecified atom stereocenters. The fraction of sp³-hybridized carbons (Fsp3) is 0.450. The normalized spacial score (nSPS) is 13.9. The van der Waals surface area contributed by atoms with Gasteiger partial charge in [0.05, 0.1) is 10.7 Å². The summed E-state index contributed by atoms with van der Waals surface area (Å²) in [7, 11) is 0.